The van der Waals surface area contributed by atoms with Gasteiger partial charge in [-0.15, -0.1) is 6.42 Å². The molecule has 0 aliphatic rings. The molecule has 140 valence electrons. The first-order valence-corrected chi connectivity index (χ1v) is 9.02. The van der Waals surface area contributed by atoms with Crippen molar-refractivity contribution >= 4 is 33.9 Å². The topological polar surface area (TPSA) is 72.0 Å². The van der Waals surface area contributed by atoms with Crippen LogP contribution in [0.3, 0.4) is 0 Å². The number of aryl methyl sites for hydroxylation is 1. The summed E-state index contributed by atoms with van der Waals surface area (Å²) >= 11 is 3.44. The maximum atomic E-state index is 12.0. The van der Waals surface area contributed by atoms with Gasteiger partial charge in [0.15, 0.2) is 11.5 Å². The van der Waals surface area contributed by atoms with Crippen molar-refractivity contribution < 1.29 is 14.3 Å². The fourth-order valence-corrected chi connectivity index (χ4v) is 2.78. The van der Waals surface area contributed by atoms with Gasteiger partial charge in [-0.1, -0.05) is 24.1 Å². The van der Waals surface area contributed by atoms with Gasteiger partial charge < -0.3 is 14.8 Å². The second-order valence-corrected chi connectivity index (χ2v) is 6.25. The van der Waals surface area contributed by atoms with Gasteiger partial charge in [0.1, 0.15) is 6.61 Å². The molecule has 0 radical (unpaired) electrons. The monoisotopic (exact) mass is 429 g/mol. The molecule has 2 rings (SSSR count). The summed E-state index contributed by atoms with van der Waals surface area (Å²) < 4.78 is 11.8. The van der Waals surface area contributed by atoms with Gasteiger partial charge in [-0.2, -0.15) is 5.10 Å². The third-order valence-electron chi connectivity index (χ3n) is 3.40. The SMILES string of the molecule is C#CCOc1c(Br)cc(C=NNC(=O)Nc2ccccc2C)cc1OCC. The first kappa shape index (κ1) is 20.3. The van der Waals surface area contributed by atoms with Crippen LogP contribution in [0.1, 0.15) is 18.1 Å². The number of ether oxygens (including phenoxy) is 2. The number of nitrogens with one attached hydrogen (secondary N) is 2. The number of carbonyl (C=O) groups excluding carboxylic acids is 1. The maximum absolute atomic E-state index is 12.0. The summed E-state index contributed by atoms with van der Waals surface area (Å²) in [5.74, 6) is 3.48. The lowest BCUT2D eigenvalue weighted by molar-refractivity contribution is 0.252. The zero-order chi connectivity index (χ0) is 19.6. The van der Waals surface area contributed by atoms with E-state index in [4.69, 9.17) is 15.9 Å². The Hall–Kier alpha value is -2.98. The van der Waals surface area contributed by atoms with Crippen LogP contribution < -0.4 is 20.2 Å². The first-order chi connectivity index (χ1) is 13.0. The van der Waals surface area contributed by atoms with E-state index in [0.717, 1.165) is 16.8 Å². The predicted molar refractivity (Wildman–Crippen MR) is 111 cm³/mol. The van der Waals surface area contributed by atoms with E-state index in [2.05, 4.69) is 37.7 Å². The van der Waals surface area contributed by atoms with Crippen molar-refractivity contribution in [3.8, 4) is 23.8 Å². The van der Waals surface area contributed by atoms with Crippen LogP contribution in [0, 0.1) is 19.3 Å². The van der Waals surface area contributed by atoms with Gasteiger partial charge in [0.05, 0.1) is 17.3 Å². The Balaban J connectivity index is 2.06. The van der Waals surface area contributed by atoms with E-state index in [0.29, 0.717) is 22.6 Å². The minimum absolute atomic E-state index is 0.132. The molecule has 0 saturated heterocycles. The van der Waals surface area contributed by atoms with Crippen LogP contribution in [0.15, 0.2) is 46.0 Å². The number of hydrogen-bond donors (Lipinski definition) is 2. The molecule has 0 saturated carbocycles. The molecule has 0 aliphatic carbocycles. The second-order valence-electron chi connectivity index (χ2n) is 5.39. The van der Waals surface area contributed by atoms with E-state index in [1.165, 1.54) is 6.21 Å². The van der Waals surface area contributed by atoms with Gasteiger partial charge in [-0.25, -0.2) is 10.2 Å². The number of carbonyl (C=O) groups is 1. The summed E-state index contributed by atoms with van der Waals surface area (Å²) in [5.41, 5.74) is 4.84. The van der Waals surface area contributed by atoms with Gasteiger partial charge in [-0.05, 0) is 59.1 Å². The summed E-state index contributed by atoms with van der Waals surface area (Å²) in [5, 5.41) is 6.70. The highest BCUT2D eigenvalue weighted by Crippen LogP contribution is 2.36. The number of nitrogens with zero attached hydrogens (tertiary/aromatic N) is 1. The van der Waals surface area contributed by atoms with Crippen LogP contribution in [0.25, 0.3) is 0 Å². The average molecular weight is 430 g/mol. The van der Waals surface area contributed by atoms with Crippen LogP contribution in [0.5, 0.6) is 11.5 Å². The number of hydrogen-bond acceptors (Lipinski definition) is 4. The van der Waals surface area contributed by atoms with Crippen molar-refractivity contribution in [1.82, 2.24) is 5.43 Å². The Bertz CT molecular complexity index is 875. The first-order valence-electron chi connectivity index (χ1n) is 8.23. The van der Waals surface area contributed by atoms with Gasteiger partial charge in [0.2, 0.25) is 0 Å². The third-order valence-corrected chi connectivity index (χ3v) is 3.99. The number of hydrazone groups is 1. The van der Waals surface area contributed by atoms with Gasteiger partial charge in [0.25, 0.3) is 0 Å². The normalized spacial score (nSPS) is 10.3. The molecule has 2 aromatic rings. The van der Waals surface area contributed by atoms with Gasteiger partial charge >= 0.3 is 6.03 Å². The Morgan fingerprint density at radius 2 is 2.11 bits per heavy atom. The highest BCUT2D eigenvalue weighted by molar-refractivity contribution is 9.10. The van der Waals surface area contributed by atoms with Crippen molar-refractivity contribution in [1.29, 1.82) is 0 Å². The van der Waals surface area contributed by atoms with Crippen molar-refractivity contribution in [2.75, 3.05) is 18.5 Å². The highest BCUT2D eigenvalue weighted by Gasteiger charge is 2.11. The predicted octanol–water partition coefficient (Wildman–Crippen LogP) is 4.32. The zero-order valence-corrected chi connectivity index (χ0v) is 16.7. The molecule has 2 amide bonds. The zero-order valence-electron chi connectivity index (χ0n) is 15.1. The standard InChI is InChI=1S/C20H20BrN3O3/c1-4-10-27-19-16(21)11-15(12-18(19)26-5-2)13-22-24-20(25)23-17-9-7-6-8-14(17)3/h1,6-9,11-13H,5,10H2,2-3H3,(H2,23,24,25). The Morgan fingerprint density at radius 3 is 2.81 bits per heavy atom. The van der Waals surface area contributed by atoms with Gasteiger partial charge in [0, 0.05) is 5.69 Å². The Morgan fingerprint density at radius 1 is 1.33 bits per heavy atom. The van der Waals surface area contributed by atoms with Crippen LogP contribution in [-0.4, -0.2) is 25.5 Å². The van der Waals surface area contributed by atoms with Crippen molar-refractivity contribution in [3.05, 3.63) is 52.0 Å². The minimum atomic E-state index is -0.432. The van der Waals surface area contributed by atoms with E-state index in [9.17, 15) is 4.79 Å². The largest absolute Gasteiger partial charge is 0.490 e. The maximum Gasteiger partial charge on any atom is 0.339 e. The quantitative estimate of drug-likeness (QED) is 0.390. The lowest BCUT2D eigenvalue weighted by Crippen LogP contribution is -2.24. The van der Waals surface area contributed by atoms with E-state index in [1.54, 1.807) is 12.1 Å². The number of terminal acetylenes is 1. The van der Waals surface area contributed by atoms with Crippen LogP contribution in [0.2, 0.25) is 0 Å². The summed E-state index contributed by atoms with van der Waals surface area (Å²) in [4.78, 5) is 12.0. The number of halogens is 1. The molecule has 0 atom stereocenters. The number of para-hydroxylation sites is 1. The molecular weight excluding hydrogens is 410 g/mol. The summed E-state index contributed by atoms with van der Waals surface area (Å²) in [6.45, 7) is 4.38. The minimum Gasteiger partial charge on any atom is -0.490 e. The van der Waals surface area contributed by atoms with E-state index in [-0.39, 0.29) is 6.61 Å². The van der Waals surface area contributed by atoms with E-state index >= 15 is 0 Å². The molecule has 0 aliphatic heterocycles. The second kappa shape index (κ2) is 10.2. The smallest absolute Gasteiger partial charge is 0.339 e. The van der Waals surface area contributed by atoms with Crippen LogP contribution >= 0.6 is 15.9 Å². The van der Waals surface area contributed by atoms with Crippen LogP contribution in [0.4, 0.5) is 10.5 Å². The summed E-state index contributed by atoms with van der Waals surface area (Å²) in [7, 11) is 0. The average Bonchev–Trinajstić information content (AvgIpc) is 2.63. The fraction of sp³-hybridized carbons (Fsp3) is 0.200. The molecule has 27 heavy (non-hydrogen) atoms. The molecule has 0 bridgehead atoms. The molecule has 2 N–H and O–H groups in total. The molecule has 6 nitrogen and oxygen atoms in total. The van der Waals surface area contributed by atoms with Crippen molar-refractivity contribution in [3.63, 3.8) is 0 Å². The van der Waals surface area contributed by atoms with Gasteiger partial charge in [-0.3, -0.25) is 0 Å². The highest BCUT2D eigenvalue weighted by atomic mass is 79.9. The number of amides is 2. The van der Waals surface area contributed by atoms with E-state index in [1.807, 2.05) is 38.1 Å². The Kier molecular flexibility index (Phi) is 7.71. The molecule has 0 unspecified atom stereocenters. The number of anilines is 1. The molecule has 0 fully saturated rings. The van der Waals surface area contributed by atoms with Crippen molar-refractivity contribution in [2.24, 2.45) is 5.10 Å². The van der Waals surface area contributed by atoms with Crippen LogP contribution in [-0.2, 0) is 0 Å². The summed E-state index contributed by atoms with van der Waals surface area (Å²) in [6.07, 6.45) is 6.75. The number of rotatable bonds is 7. The fourth-order valence-electron chi connectivity index (χ4n) is 2.21. The number of benzene rings is 2. The lowest BCUT2D eigenvalue weighted by Gasteiger charge is -2.13. The summed E-state index contributed by atoms with van der Waals surface area (Å²) in [6, 6.07) is 10.6. The molecular formula is C20H20BrN3O3. The molecule has 0 heterocycles. The number of urea groups is 1. The molecule has 7 heteroatoms. The molecule has 0 aromatic heterocycles. The molecule has 0 spiro atoms. The van der Waals surface area contributed by atoms with Crippen molar-refractivity contribution in [2.45, 2.75) is 13.8 Å². The molecule has 2 aromatic carbocycles. The third kappa shape index (κ3) is 6.04. The lowest BCUT2D eigenvalue weighted by atomic mass is 10.2. The Labute approximate surface area is 167 Å². The van der Waals surface area contributed by atoms with E-state index < -0.39 is 6.03 Å².